The summed E-state index contributed by atoms with van der Waals surface area (Å²) in [5.74, 6) is -1.22. The smallest absolute Gasteiger partial charge is 0.387 e. The summed E-state index contributed by atoms with van der Waals surface area (Å²) in [4.78, 5) is 12.4. The molecule has 0 fully saturated rings. The second-order valence-corrected chi connectivity index (χ2v) is 7.83. The van der Waals surface area contributed by atoms with E-state index in [1.807, 2.05) is 0 Å². The summed E-state index contributed by atoms with van der Waals surface area (Å²) < 4.78 is 57.4. The number of hydrogen-bond acceptors (Lipinski definition) is 8. The summed E-state index contributed by atoms with van der Waals surface area (Å²) >= 11 is 6.21. The van der Waals surface area contributed by atoms with Gasteiger partial charge in [0.25, 0.3) is 15.9 Å². The number of nitrogens with one attached hydrogen (secondary N) is 4. The third-order valence-electron chi connectivity index (χ3n) is 3.78. The maximum atomic E-state index is 12.8. The van der Waals surface area contributed by atoms with E-state index in [0.717, 1.165) is 12.1 Å². The largest absolute Gasteiger partial charge is 0.433 e. The van der Waals surface area contributed by atoms with Crippen LogP contribution in [0.25, 0.3) is 0 Å². The van der Waals surface area contributed by atoms with Gasteiger partial charge in [-0.25, -0.2) is 14.0 Å². The lowest BCUT2D eigenvalue weighted by Gasteiger charge is -2.17. The SMILES string of the molecule is CN1NNN=C1NC(=O)c1ccc(OC(F)F)c(NS(=O)(=O)c2ccccc2)c1Cl. The molecule has 0 unspecified atom stereocenters. The number of carbonyl (C=O) groups excluding carboxylic acids is 1. The molecule has 0 spiro atoms. The van der Waals surface area contributed by atoms with Gasteiger partial charge >= 0.3 is 6.61 Å². The number of amides is 1. The molecule has 1 heterocycles. The van der Waals surface area contributed by atoms with E-state index < -0.39 is 39.0 Å². The van der Waals surface area contributed by atoms with E-state index in [0.29, 0.717) is 0 Å². The predicted molar refractivity (Wildman–Crippen MR) is 104 cm³/mol. The molecular weight excluding hydrogens is 446 g/mol. The lowest BCUT2D eigenvalue weighted by molar-refractivity contribution is -0.0493. The lowest BCUT2D eigenvalue weighted by Crippen LogP contribution is -2.45. The van der Waals surface area contributed by atoms with E-state index in [1.165, 1.54) is 29.3 Å². The number of alkyl halides is 2. The van der Waals surface area contributed by atoms with Gasteiger partial charge in [-0.3, -0.25) is 19.8 Å². The molecule has 1 amide bonds. The van der Waals surface area contributed by atoms with E-state index in [-0.39, 0.29) is 16.4 Å². The number of ether oxygens (including phenoxy) is 1. The minimum atomic E-state index is -4.21. The van der Waals surface area contributed by atoms with Crippen LogP contribution in [0.1, 0.15) is 10.4 Å². The van der Waals surface area contributed by atoms with Crippen molar-refractivity contribution in [2.24, 2.45) is 5.10 Å². The predicted octanol–water partition coefficient (Wildman–Crippen LogP) is 1.70. The summed E-state index contributed by atoms with van der Waals surface area (Å²) in [6.45, 7) is -3.25. The maximum absolute atomic E-state index is 12.8. The molecule has 0 saturated carbocycles. The number of benzene rings is 2. The van der Waals surface area contributed by atoms with E-state index in [4.69, 9.17) is 11.6 Å². The fraction of sp³-hybridized carbons (Fsp3) is 0.125. The van der Waals surface area contributed by atoms with Gasteiger partial charge in [0.1, 0.15) is 5.69 Å². The van der Waals surface area contributed by atoms with Crippen LogP contribution in [0, 0.1) is 0 Å². The van der Waals surface area contributed by atoms with Gasteiger partial charge in [-0.15, -0.1) is 10.6 Å². The van der Waals surface area contributed by atoms with Crippen molar-refractivity contribution in [3.8, 4) is 5.75 Å². The van der Waals surface area contributed by atoms with Crippen molar-refractivity contribution in [2.75, 3.05) is 11.8 Å². The Hall–Kier alpha value is -3.16. The zero-order valence-corrected chi connectivity index (χ0v) is 16.8. The Morgan fingerprint density at radius 1 is 1.23 bits per heavy atom. The summed E-state index contributed by atoms with van der Waals surface area (Å²) in [7, 11) is -2.66. The molecule has 3 rings (SSSR count). The van der Waals surface area contributed by atoms with E-state index in [9.17, 15) is 22.0 Å². The van der Waals surface area contributed by atoms with Gasteiger partial charge in [0.15, 0.2) is 5.75 Å². The number of anilines is 1. The van der Waals surface area contributed by atoms with Crippen LogP contribution >= 0.6 is 11.6 Å². The van der Waals surface area contributed by atoms with Crippen molar-refractivity contribution in [2.45, 2.75) is 11.5 Å². The molecule has 2 aromatic carbocycles. The van der Waals surface area contributed by atoms with E-state index in [1.54, 1.807) is 13.1 Å². The molecule has 0 aliphatic carbocycles. The Balaban J connectivity index is 1.99. The summed E-state index contributed by atoms with van der Waals surface area (Å²) in [5, 5.41) is 7.10. The number of hydrazine groups is 2. The highest BCUT2D eigenvalue weighted by Gasteiger charge is 2.25. The molecule has 14 heteroatoms. The number of carbonyl (C=O) groups is 1. The molecular formula is C16H15ClF2N6O4S. The van der Waals surface area contributed by atoms with Crippen LogP contribution in [0.15, 0.2) is 52.5 Å². The summed E-state index contributed by atoms with van der Waals surface area (Å²) in [6.07, 6.45) is 0. The van der Waals surface area contributed by atoms with Gasteiger partial charge in [-0.2, -0.15) is 8.78 Å². The van der Waals surface area contributed by atoms with Crippen LogP contribution in [0.5, 0.6) is 5.75 Å². The standard InChI is InChI=1S/C16H15ClF2N6O4S/c1-25-16(21-23-24-25)20-14(26)10-7-8-11(29-15(18)19)13(12(10)17)22-30(27,28)9-5-3-2-4-6-9/h2-8,15,22-24H,1H3,(H,20,21,26). The Kier molecular flexibility index (Phi) is 6.24. The van der Waals surface area contributed by atoms with Gasteiger partial charge < -0.3 is 4.74 Å². The van der Waals surface area contributed by atoms with Crippen LogP contribution in [-0.4, -0.2) is 39.0 Å². The molecule has 0 radical (unpaired) electrons. The zero-order valence-electron chi connectivity index (χ0n) is 15.2. The van der Waals surface area contributed by atoms with Crippen LogP contribution in [0.2, 0.25) is 5.02 Å². The number of halogens is 3. The summed E-state index contributed by atoms with van der Waals surface area (Å²) in [5.41, 5.74) is 4.27. The van der Waals surface area contributed by atoms with Crippen molar-refractivity contribution < 1.29 is 26.7 Å². The number of hydrazone groups is 1. The second-order valence-electron chi connectivity index (χ2n) is 5.77. The highest BCUT2D eigenvalue weighted by atomic mass is 35.5. The second kappa shape index (κ2) is 8.69. The van der Waals surface area contributed by atoms with Gasteiger partial charge in [0.05, 0.1) is 15.5 Å². The number of rotatable bonds is 6. The average molecular weight is 461 g/mol. The zero-order chi connectivity index (χ0) is 21.9. The average Bonchev–Trinajstić information content (AvgIpc) is 3.09. The van der Waals surface area contributed by atoms with Gasteiger partial charge in [-0.05, 0) is 24.3 Å². The van der Waals surface area contributed by atoms with E-state index >= 15 is 0 Å². The quantitative estimate of drug-likeness (QED) is 0.517. The maximum Gasteiger partial charge on any atom is 0.387 e. The normalized spacial score (nSPS) is 13.6. The van der Waals surface area contributed by atoms with Crippen LogP contribution < -0.4 is 25.8 Å². The fourth-order valence-electron chi connectivity index (χ4n) is 2.38. The van der Waals surface area contributed by atoms with Crippen LogP contribution in [-0.2, 0) is 10.0 Å². The third-order valence-corrected chi connectivity index (χ3v) is 5.54. The van der Waals surface area contributed by atoms with Crippen LogP contribution in [0.4, 0.5) is 14.5 Å². The first-order valence-corrected chi connectivity index (χ1v) is 10.0. The Morgan fingerprint density at radius 2 is 1.93 bits per heavy atom. The highest BCUT2D eigenvalue weighted by Crippen LogP contribution is 2.37. The first kappa shape index (κ1) is 21.5. The first-order valence-electron chi connectivity index (χ1n) is 8.17. The Labute approximate surface area is 174 Å². The molecule has 160 valence electrons. The van der Waals surface area contributed by atoms with Crippen LogP contribution in [0.3, 0.4) is 0 Å². The topological polar surface area (TPSA) is 124 Å². The van der Waals surface area contributed by atoms with Crippen molar-refractivity contribution >= 4 is 39.2 Å². The van der Waals surface area contributed by atoms with Crippen molar-refractivity contribution in [3.05, 3.63) is 53.1 Å². The number of sulfonamides is 1. The van der Waals surface area contributed by atoms with Crippen molar-refractivity contribution in [1.29, 1.82) is 0 Å². The Morgan fingerprint density at radius 3 is 2.53 bits per heavy atom. The minimum absolute atomic E-state index is 0.0930. The van der Waals surface area contributed by atoms with Gasteiger partial charge in [0.2, 0.25) is 5.96 Å². The van der Waals surface area contributed by atoms with Crippen molar-refractivity contribution in [3.63, 3.8) is 0 Å². The monoisotopic (exact) mass is 460 g/mol. The molecule has 0 bridgehead atoms. The number of nitrogens with zero attached hydrogens (tertiary/aromatic N) is 2. The number of hydrogen-bond donors (Lipinski definition) is 4. The molecule has 10 nitrogen and oxygen atoms in total. The molecule has 4 N–H and O–H groups in total. The molecule has 30 heavy (non-hydrogen) atoms. The van der Waals surface area contributed by atoms with Gasteiger partial charge in [-0.1, -0.05) is 29.8 Å². The molecule has 1 aliphatic rings. The first-order chi connectivity index (χ1) is 14.2. The highest BCUT2D eigenvalue weighted by molar-refractivity contribution is 7.92. The van der Waals surface area contributed by atoms with E-state index in [2.05, 4.69) is 30.9 Å². The molecule has 2 aromatic rings. The lowest BCUT2D eigenvalue weighted by atomic mass is 10.1. The number of guanidine groups is 1. The molecule has 0 atom stereocenters. The minimum Gasteiger partial charge on any atom is -0.433 e. The summed E-state index contributed by atoms with van der Waals surface area (Å²) in [6, 6.07) is 9.30. The molecule has 0 aromatic heterocycles. The molecule has 1 aliphatic heterocycles. The van der Waals surface area contributed by atoms with Gasteiger partial charge in [0, 0.05) is 7.05 Å². The Bertz CT molecular complexity index is 1080. The van der Waals surface area contributed by atoms with Crippen molar-refractivity contribution in [1.82, 2.24) is 21.4 Å². The molecule has 0 saturated heterocycles. The third kappa shape index (κ3) is 4.69. The fourth-order valence-corrected chi connectivity index (χ4v) is 3.83.